The van der Waals surface area contributed by atoms with Gasteiger partial charge in [0, 0.05) is 18.1 Å². The molecule has 4 heteroatoms. The van der Waals surface area contributed by atoms with Gasteiger partial charge in [-0.3, -0.25) is 0 Å². The number of nitrogens with two attached hydrogens (primary N) is 1. The van der Waals surface area contributed by atoms with Gasteiger partial charge < -0.3 is 5.73 Å². The van der Waals surface area contributed by atoms with E-state index in [0.29, 0.717) is 6.42 Å². The Bertz CT molecular complexity index is 454. The molecule has 17 heavy (non-hydrogen) atoms. The quantitative estimate of drug-likeness (QED) is 0.841. The minimum absolute atomic E-state index is 0.0397. The van der Waals surface area contributed by atoms with E-state index in [1.165, 1.54) is 17.4 Å². The van der Waals surface area contributed by atoms with E-state index in [4.69, 9.17) is 5.73 Å². The fourth-order valence-corrected chi connectivity index (χ4v) is 2.52. The topological polar surface area (TPSA) is 60.2 Å². The third-order valence-corrected chi connectivity index (χ3v) is 3.86. The third kappa shape index (κ3) is 5.84. The molecule has 0 aliphatic carbocycles. The maximum absolute atomic E-state index is 11.0. The molecule has 0 fully saturated rings. The van der Waals surface area contributed by atoms with Gasteiger partial charge in [0.25, 0.3) is 0 Å². The number of aryl methyl sites for hydroxylation is 1. The van der Waals surface area contributed by atoms with E-state index >= 15 is 0 Å². The molecule has 3 nitrogen and oxygen atoms in total. The Kier molecular flexibility index (Phi) is 5.15. The average molecular weight is 255 g/mol. The van der Waals surface area contributed by atoms with Gasteiger partial charge in [0.05, 0.1) is 0 Å². The smallest absolute Gasteiger partial charge is 0.147 e. The lowest BCUT2D eigenvalue weighted by Gasteiger charge is -2.12. The molecule has 0 saturated heterocycles. The molecule has 0 radical (unpaired) electrons. The highest BCUT2D eigenvalue weighted by Crippen LogP contribution is 2.11. The number of rotatable bonds is 6. The Labute approximate surface area is 104 Å². The van der Waals surface area contributed by atoms with Crippen LogP contribution >= 0.6 is 0 Å². The van der Waals surface area contributed by atoms with Crippen LogP contribution in [0.15, 0.2) is 24.3 Å². The second kappa shape index (κ2) is 6.17. The van der Waals surface area contributed by atoms with Gasteiger partial charge in [0.1, 0.15) is 9.84 Å². The van der Waals surface area contributed by atoms with Crippen LogP contribution in [0.2, 0.25) is 0 Å². The van der Waals surface area contributed by atoms with Gasteiger partial charge in [0.15, 0.2) is 0 Å². The van der Waals surface area contributed by atoms with Crippen molar-refractivity contribution in [1.82, 2.24) is 0 Å². The van der Waals surface area contributed by atoms with Crippen molar-refractivity contribution < 1.29 is 8.42 Å². The van der Waals surface area contributed by atoms with Gasteiger partial charge in [-0.1, -0.05) is 24.3 Å². The van der Waals surface area contributed by atoms with Gasteiger partial charge >= 0.3 is 0 Å². The van der Waals surface area contributed by atoms with E-state index in [-0.39, 0.29) is 11.8 Å². The van der Waals surface area contributed by atoms with Gasteiger partial charge in [0.2, 0.25) is 0 Å². The summed E-state index contributed by atoms with van der Waals surface area (Å²) in [4.78, 5) is 0. The normalized spacial score (nSPS) is 13.6. The Morgan fingerprint density at radius 2 is 1.94 bits per heavy atom. The van der Waals surface area contributed by atoms with Gasteiger partial charge in [-0.05, 0) is 37.3 Å². The first kappa shape index (κ1) is 14.2. The number of hydrogen-bond acceptors (Lipinski definition) is 3. The summed E-state index contributed by atoms with van der Waals surface area (Å²) >= 11 is 0. The minimum atomic E-state index is -2.86. The van der Waals surface area contributed by atoms with Crippen LogP contribution in [0.25, 0.3) is 0 Å². The molecular weight excluding hydrogens is 234 g/mol. The summed E-state index contributed by atoms with van der Waals surface area (Å²) in [6.45, 7) is 2.07. The van der Waals surface area contributed by atoms with Crippen molar-refractivity contribution in [3.63, 3.8) is 0 Å². The zero-order valence-corrected chi connectivity index (χ0v) is 11.3. The van der Waals surface area contributed by atoms with E-state index < -0.39 is 9.84 Å². The molecule has 1 rings (SSSR count). The Hall–Kier alpha value is -0.870. The Morgan fingerprint density at radius 1 is 1.29 bits per heavy atom. The lowest BCUT2D eigenvalue weighted by molar-refractivity contribution is 0.577. The highest BCUT2D eigenvalue weighted by molar-refractivity contribution is 7.90. The average Bonchev–Trinajstić information content (AvgIpc) is 2.19. The summed E-state index contributed by atoms with van der Waals surface area (Å²) in [6, 6.07) is 8.20. The second-order valence-electron chi connectivity index (χ2n) is 4.66. The fraction of sp³-hybridized carbons (Fsp3) is 0.538. The van der Waals surface area contributed by atoms with E-state index in [1.54, 1.807) is 0 Å². The molecule has 0 bridgehead atoms. The van der Waals surface area contributed by atoms with Crippen LogP contribution in [0.5, 0.6) is 0 Å². The molecule has 0 heterocycles. The monoisotopic (exact) mass is 255 g/mol. The zero-order valence-electron chi connectivity index (χ0n) is 10.5. The first-order valence-corrected chi connectivity index (χ1v) is 7.92. The molecule has 0 spiro atoms. The van der Waals surface area contributed by atoms with Crippen molar-refractivity contribution in [2.24, 2.45) is 5.73 Å². The van der Waals surface area contributed by atoms with E-state index in [9.17, 15) is 8.42 Å². The van der Waals surface area contributed by atoms with Crippen LogP contribution in [0, 0.1) is 6.92 Å². The van der Waals surface area contributed by atoms with Crippen LogP contribution < -0.4 is 5.73 Å². The maximum atomic E-state index is 11.0. The minimum Gasteiger partial charge on any atom is -0.327 e. The first-order valence-electron chi connectivity index (χ1n) is 5.86. The molecule has 1 unspecified atom stereocenters. The molecule has 0 aromatic heterocycles. The van der Waals surface area contributed by atoms with Crippen LogP contribution in [0.1, 0.15) is 24.0 Å². The molecule has 96 valence electrons. The predicted molar refractivity (Wildman–Crippen MR) is 71.8 cm³/mol. The SMILES string of the molecule is Cc1ccccc1CC(N)CCCS(C)(=O)=O. The molecule has 1 atom stereocenters. The van der Waals surface area contributed by atoms with E-state index in [1.807, 2.05) is 12.1 Å². The summed E-state index contributed by atoms with van der Waals surface area (Å²) in [5.74, 6) is 0.231. The van der Waals surface area contributed by atoms with Crippen LogP contribution in [0.4, 0.5) is 0 Å². The highest BCUT2D eigenvalue weighted by atomic mass is 32.2. The number of sulfone groups is 1. The molecule has 0 aliphatic rings. The van der Waals surface area contributed by atoms with E-state index in [2.05, 4.69) is 19.1 Å². The molecule has 2 N–H and O–H groups in total. The van der Waals surface area contributed by atoms with Crippen molar-refractivity contribution in [3.05, 3.63) is 35.4 Å². The summed E-state index contributed by atoms with van der Waals surface area (Å²) in [7, 11) is -2.86. The van der Waals surface area contributed by atoms with Crippen LogP contribution in [-0.4, -0.2) is 26.5 Å². The largest absolute Gasteiger partial charge is 0.327 e. The first-order chi connectivity index (χ1) is 7.88. The zero-order chi connectivity index (χ0) is 12.9. The lowest BCUT2D eigenvalue weighted by atomic mass is 9.99. The van der Waals surface area contributed by atoms with Crippen molar-refractivity contribution in [1.29, 1.82) is 0 Å². The number of benzene rings is 1. The summed E-state index contributed by atoms with van der Waals surface area (Å²) in [5.41, 5.74) is 8.50. The highest BCUT2D eigenvalue weighted by Gasteiger charge is 2.08. The van der Waals surface area contributed by atoms with Crippen LogP contribution in [-0.2, 0) is 16.3 Å². The summed E-state index contributed by atoms with van der Waals surface area (Å²) in [6.07, 6.45) is 3.48. The molecule has 1 aromatic rings. The third-order valence-electron chi connectivity index (χ3n) is 2.83. The second-order valence-corrected chi connectivity index (χ2v) is 6.92. The van der Waals surface area contributed by atoms with Gasteiger partial charge in [-0.25, -0.2) is 8.42 Å². The lowest BCUT2D eigenvalue weighted by Crippen LogP contribution is -2.24. The van der Waals surface area contributed by atoms with Crippen LogP contribution in [0.3, 0.4) is 0 Å². The van der Waals surface area contributed by atoms with Crippen molar-refractivity contribution in [3.8, 4) is 0 Å². The van der Waals surface area contributed by atoms with Crippen molar-refractivity contribution in [2.45, 2.75) is 32.2 Å². The van der Waals surface area contributed by atoms with Gasteiger partial charge in [-0.2, -0.15) is 0 Å². The summed E-state index contributed by atoms with van der Waals surface area (Å²) in [5, 5.41) is 0. The Morgan fingerprint density at radius 3 is 2.53 bits per heavy atom. The molecule has 0 saturated carbocycles. The number of hydrogen-bond donors (Lipinski definition) is 1. The molecule has 0 amide bonds. The standard InChI is InChI=1S/C13H21NO2S/c1-11-6-3-4-7-12(11)10-13(14)8-5-9-17(2,15)16/h3-4,6-7,13H,5,8-10,14H2,1-2H3. The molecular formula is C13H21NO2S. The van der Waals surface area contributed by atoms with Gasteiger partial charge in [-0.15, -0.1) is 0 Å². The van der Waals surface area contributed by atoms with E-state index in [0.717, 1.165) is 12.8 Å². The van der Waals surface area contributed by atoms with Crippen molar-refractivity contribution >= 4 is 9.84 Å². The fourth-order valence-electron chi connectivity index (χ4n) is 1.83. The predicted octanol–water partition coefficient (Wildman–Crippen LogP) is 1.69. The Balaban J connectivity index is 2.40. The molecule has 0 aliphatic heterocycles. The summed E-state index contributed by atoms with van der Waals surface area (Å²) < 4.78 is 22.0. The maximum Gasteiger partial charge on any atom is 0.147 e. The van der Waals surface area contributed by atoms with Crippen molar-refractivity contribution in [2.75, 3.05) is 12.0 Å². The molecule has 1 aromatic carbocycles.